The summed E-state index contributed by atoms with van der Waals surface area (Å²) in [7, 11) is -3.97. The Kier molecular flexibility index (Phi) is 22.3. The Balaban J connectivity index is 0. The van der Waals surface area contributed by atoms with Gasteiger partial charge in [0.1, 0.15) is 0 Å². The Morgan fingerprint density at radius 1 is 0.679 bits per heavy atom. The van der Waals surface area contributed by atoms with Crippen LogP contribution < -0.4 is 0 Å². The van der Waals surface area contributed by atoms with E-state index in [-0.39, 0.29) is 5.75 Å². The smallest absolute Gasteiger partial charge is 0.0945 e. The second-order valence-electron chi connectivity index (χ2n) is 7.82. The minimum absolute atomic E-state index is 0.211. The highest BCUT2D eigenvalue weighted by molar-refractivity contribution is 7.99. The van der Waals surface area contributed by atoms with E-state index < -0.39 is 10.1 Å². The lowest BCUT2D eigenvalue weighted by Crippen LogP contribution is -2.50. The van der Waals surface area contributed by atoms with Gasteiger partial charge < -0.3 is 9.04 Å². The summed E-state index contributed by atoms with van der Waals surface area (Å²) in [5.41, 5.74) is 0. The van der Waals surface area contributed by atoms with E-state index in [0.29, 0.717) is 6.42 Å². The molecule has 0 aliphatic heterocycles. The Morgan fingerprint density at radius 2 is 1.07 bits per heavy atom. The van der Waals surface area contributed by atoms with Crippen LogP contribution in [-0.4, -0.2) is 60.9 Å². The van der Waals surface area contributed by atoms with Gasteiger partial charge in [-0.25, -0.2) is 8.42 Å². The molecule has 0 amide bonds. The van der Waals surface area contributed by atoms with E-state index in [1.807, 2.05) is 0 Å². The molecule has 0 heterocycles. The van der Waals surface area contributed by atoms with Gasteiger partial charge in [0.2, 0.25) is 0 Å². The molecule has 0 atom stereocenters. The van der Waals surface area contributed by atoms with E-state index in [9.17, 15) is 13.0 Å². The zero-order valence-electron chi connectivity index (χ0n) is 19.5. The fourth-order valence-corrected chi connectivity index (χ4v) is 4.53. The largest absolute Gasteiger partial charge is 0.748 e. The molecule has 0 fully saturated rings. The molecule has 0 saturated heterocycles. The van der Waals surface area contributed by atoms with E-state index in [4.69, 9.17) is 0 Å². The predicted molar refractivity (Wildman–Crippen MR) is 126 cm³/mol. The lowest BCUT2D eigenvalue weighted by molar-refractivity contribution is -0.929. The van der Waals surface area contributed by atoms with Crippen LogP contribution in [0.1, 0.15) is 98.8 Å². The van der Waals surface area contributed by atoms with Gasteiger partial charge in [-0.05, 0) is 50.0 Å². The molecule has 0 N–H and O–H groups in total. The van der Waals surface area contributed by atoms with Crippen LogP contribution >= 0.6 is 11.8 Å². The standard InChI is InChI=1S/C16H36N.C6H14O3S2/c1-5-9-13-17(14-10-6-2,15-11-7-3)16-12-8-4;1-2-10-5-3-4-6-11(7,8)9/h5-16H2,1-4H3;2-6H2,1H3,(H,7,8,9)/q+1;/p-1. The first-order valence-corrected chi connectivity index (χ1v) is 14.4. The Labute approximate surface area is 181 Å². The number of hydrogen-bond donors (Lipinski definition) is 0. The summed E-state index contributed by atoms with van der Waals surface area (Å²) >= 11 is 1.76. The first-order chi connectivity index (χ1) is 13.3. The molecular formula is C22H49NO3S2. The quantitative estimate of drug-likeness (QED) is 0.148. The number of quaternary nitrogens is 1. The number of rotatable bonds is 18. The zero-order valence-corrected chi connectivity index (χ0v) is 21.1. The molecule has 172 valence electrons. The van der Waals surface area contributed by atoms with Gasteiger partial charge in [-0.3, -0.25) is 0 Å². The van der Waals surface area contributed by atoms with E-state index in [0.717, 1.165) is 17.9 Å². The second-order valence-corrected chi connectivity index (χ2v) is 10.7. The van der Waals surface area contributed by atoms with Crippen molar-refractivity contribution >= 4 is 21.9 Å². The molecule has 0 unspecified atom stereocenters. The molecule has 0 aromatic rings. The van der Waals surface area contributed by atoms with Gasteiger partial charge in [0, 0.05) is 5.75 Å². The van der Waals surface area contributed by atoms with Gasteiger partial charge in [0.25, 0.3) is 0 Å². The normalized spacial score (nSPS) is 11.9. The first kappa shape index (κ1) is 30.4. The van der Waals surface area contributed by atoms with Crippen molar-refractivity contribution in [2.45, 2.75) is 98.8 Å². The van der Waals surface area contributed by atoms with E-state index in [1.54, 1.807) is 11.8 Å². The zero-order chi connectivity index (χ0) is 21.7. The van der Waals surface area contributed by atoms with Crippen LogP contribution in [0.3, 0.4) is 0 Å². The van der Waals surface area contributed by atoms with Gasteiger partial charge in [-0.15, -0.1) is 0 Å². The average molecular weight is 440 g/mol. The number of hydrogen-bond acceptors (Lipinski definition) is 4. The number of nitrogens with zero attached hydrogens (tertiary/aromatic N) is 1. The minimum atomic E-state index is -3.97. The molecule has 0 aromatic carbocycles. The van der Waals surface area contributed by atoms with Crippen LogP contribution in [0.15, 0.2) is 0 Å². The fourth-order valence-electron chi connectivity index (χ4n) is 3.27. The Morgan fingerprint density at radius 3 is 1.36 bits per heavy atom. The van der Waals surface area contributed by atoms with E-state index >= 15 is 0 Å². The number of thioether (sulfide) groups is 1. The van der Waals surface area contributed by atoms with Crippen LogP contribution in [-0.2, 0) is 10.1 Å². The molecule has 0 spiro atoms. The van der Waals surface area contributed by atoms with Gasteiger partial charge in [0.15, 0.2) is 0 Å². The van der Waals surface area contributed by atoms with Crippen LogP contribution in [0, 0.1) is 0 Å². The summed E-state index contributed by atoms with van der Waals surface area (Å²) in [4.78, 5) is 0. The maximum Gasteiger partial charge on any atom is 0.0945 e. The van der Waals surface area contributed by atoms with Gasteiger partial charge in [-0.2, -0.15) is 11.8 Å². The molecule has 4 nitrogen and oxygen atoms in total. The first-order valence-electron chi connectivity index (χ1n) is 11.7. The molecule has 0 aliphatic carbocycles. The average Bonchev–Trinajstić information content (AvgIpc) is 2.66. The van der Waals surface area contributed by atoms with Crippen molar-refractivity contribution in [3.05, 3.63) is 0 Å². The monoisotopic (exact) mass is 439 g/mol. The van der Waals surface area contributed by atoms with E-state index in [2.05, 4.69) is 34.6 Å². The molecule has 0 bridgehead atoms. The highest BCUT2D eigenvalue weighted by Crippen LogP contribution is 2.16. The predicted octanol–water partition coefficient (Wildman–Crippen LogP) is 6.07. The van der Waals surface area contributed by atoms with Gasteiger partial charge in [-0.1, -0.05) is 60.3 Å². The third-order valence-electron chi connectivity index (χ3n) is 5.08. The third-order valence-corrected chi connectivity index (χ3v) is 6.86. The minimum Gasteiger partial charge on any atom is -0.748 e. The Hall–Kier alpha value is 0.220. The van der Waals surface area contributed by atoms with Crippen LogP contribution in [0.4, 0.5) is 0 Å². The molecule has 0 rings (SSSR count). The summed E-state index contributed by atoms with van der Waals surface area (Å²) in [6.45, 7) is 17.1. The molecule has 0 saturated carbocycles. The molecule has 6 heteroatoms. The SMILES string of the molecule is CCCC[N+](CCCC)(CCCC)CCCC.CCSCCCCS(=O)(=O)[O-]. The molecule has 0 radical (unpaired) electrons. The maximum absolute atomic E-state index is 10.1. The van der Waals surface area contributed by atoms with Gasteiger partial charge >= 0.3 is 0 Å². The third kappa shape index (κ3) is 20.9. The maximum atomic E-state index is 10.1. The van der Waals surface area contributed by atoms with Crippen molar-refractivity contribution in [3.63, 3.8) is 0 Å². The van der Waals surface area contributed by atoms with Crippen molar-refractivity contribution in [1.29, 1.82) is 0 Å². The van der Waals surface area contributed by atoms with Crippen molar-refractivity contribution in [3.8, 4) is 0 Å². The molecule has 28 heavy (non-hydrogen) atoms. The molecular weight excluding hydrogens is 390 g/mol. The van der Waals surface area contributed by atoms with E-state index in [1.165, 1.54) is 82.0 Å². The Bertz CT molecular complexity index is 376. The van der Waals surface area contributed by atoms with Gasteiger partial charge in [0.05, 0.1) is 36.3 Å². The van der Waals surface area contributed by atoms with Crippen molar-refractivity contribution < 1.29 is 17.5 Å². The summed E-state index contributed by atoms with van der Waals surface area (Å²) in [5.74, 6) is 1.79. The van der Waals surface area contributed by atoms with Crippen molar-refractivity contribution in [2.24, 2.45) is 0 Å². The second kappa shape index (κ2) is 20.5. The lowest BCUT2D eigenvalue weighted by atomic mass is 10.1. The summed E-state index contributed by atoms with van der Waals surface area (Å²) < 4.78 is 31.7. The van der Waals surface area contributed by atoms with Crippen molar-refractivity contribution in [1.82, 2.24) is 0 Å². The van der Waals surface area contributed by atoms with Crippen LogP contribution in [0.2, 0.25) is 0 Å². The van der Waals surface area contributed by atoms with Crippen LogP contribution in [0.5, 0.6) is 0 Å². The number of unbranched alkanes of at least 4 members (excludes halogenated alkanes) is 5. The topological polar surface area (TPSA) is 57.2 Å². The fraction of sp³-hybridized carbons (Fsp3) is 1.00. The highest BCUT2D eigenvalue weighted by atomic mass is 32.2. The van der Waals surface area contributed by atoms with Crippen molar-refractivity contribution in [2.75, 3.05) is 43.4 Å². The van der Waals surface area contributed by atoms with Crippen LogP contribution in [0.25, 0.3) is 0 Å². The summed E-state index contributed by atoms with van der Waals surface area (Å²) in [6, 6.07) is 0. The molecule has 0 aromatic heterocycles. The summed E-state index contributed by atoms with van der Waals surface area (Å²) in [5, 5.41) is 0. The highest BCUT2D eigenvalue weighted by Gasteiger charge is 2.24. The lowest BCUT2D eigenvalue weighted by Gasteiger charge is -2.39. The summed E-state index contributed by atoms with van der Waals surface area (Å²) in [6.07, 6.45) is 12.4. The molecule has 0 aliphatic rings.